The second kappa shape index (κ2) is 3.47. The Labute approximate surface area is 108 Å². The molecule has 3 atom stereocenters. The fourth-order valence-corrected chi connectivity index (χ4v) is 4.21. The molecule has 0 radical (unpaired) electrons. The van der Waals surface area contributed by atoms with Gasteiger partial charge in [-0.2, -0.15) is 0 Å². The quantitative estimate of drug-likeness (QED) is 0.407. The van der Waals surface area contributed by atoms with Crippen LogP contribution >= 0.6 is 0 Å². The van der Waals surface area contributed by atoms with E-state index in [-0.39, 0.29) is 11.3 Å². The van der Waals surface area contributed by atoms with Gasteiger partial charge in [-0.1, -0.05) is 19.1 Å². The first-order valence-corrected chi connectivity index (χ1v) is 6.74. The van der Waals surface area contributed by atoms with Crippen molar-refractivity contribution in [2.45, 2.75) is 51.7 Å². The maximum absolute atomic E-state index is 11.7. The first kappa shape index (κ1) is 12.0. The number of allylic oxidation sites excluding steroid dienone is 1. The molecular formula is C15H20O3. The third-order valence-corrected chi connectivity index (χ3v) is 5.06. The third kappa shape index (κ3) is 1.31. The van der Waals surface area contributed by atoms with Crippen LogP contribution in [0.5, 0.6) is 0 Å². The number of carbonyl (C=O) groups is 1. The first-order chi connectivity index (χ1) is 8.38. The van der Waals surface area contributed by atoms with Gasteiger partial charge in [0.1, 0.15) is 0 Å². The number of ether oxygens (including phenoxy) is 1. The zero-order chi connectivity index (χ0) is 13.1. The van der Waals surface area contributed by atoms with Crippen LogP contribution in [-0.4, -0.2) is 16.9 Å². The maximum atomic E-state index is 11.7. The smallest absolute Gasteiger partial charge is 0.336 e. The van der Waals surface area contributed by atoms with Crippen LogP contribution in [0.4, 0.5) is 0 Å². The molecule has 1 aliphatic heterocycles. The van der Waals surface area contributed by atoms with Gasteiger partial charge in [-0.05, 0) is 44.4 Å². The largest absolute Gasteiger partial charge is 0.425 e. The first-order valence-electron chi connectivity index (χ1n) is 6.74. The van der Waals surface area contributed by atoms with Gasteiger partial charge in [-0.15, -0.1) is 0 Å². The van der Waals surface area contributed by atoms with Gasteiger partial charge in [0.05, 0.1) is 5.92 Å². The molecule has 18 heavy (non-hydrogen) atoms. The number of aliphatic hydroxyl groups is 1. The fourth-order valence-electron chi connectivity index (χ4n) is 4.21. The molecule has 0 amide bonds. The Balaban J connectivity index is 2.16. The molecule has 0 aromatic carbocycles. The van der Waals surface area contributed by atoms with E-state index >= 15 is 0 Å². The lowest BCUT2D eigenvalue weighted by atomic mass is 9.58. The van der Waals surface area contributed by atoms with Gasteiger partial charge in [-0.25, -0.2) is 4.79 Å². The van der Waals surface area contributed by atoms with Crippen LogP contribution in [0.25, 0.3) is 0 Å². The Hall–Kier alpha value is -1.09. The molecule has 1 N–H and O–H groups in total. The molecule has 0 aromatic heterocycles. The van der Waals surface area contributed by atoms with Crippen LogP contribution in [-0.2, 0) is 9.53 Å². The standard InChI is InChI=1S/C15H20O3/c1-9-5-4-7-14(3)8-6-11-10(2)13(16)18-15(11,17)12(9)14/h11,17H,2,4-8H2,1,3H3. The van der Waals surface area contributed by atoms with Gasteiger partial charge in [0.15, 0.2) is 0 Å². The van der Waals surface area contributed by atoms with E-state index in [0.29, 0.717) is 5.57 Å². The molecule has 1 heterocycles. The Morgan fingerprint density at radius 2 is 2.17 bits per heavy atom. The molecule has 3 heteroatoms. The number of carbonyl (C=O) groups excluding carboxylic acids is 1. The number of esters is 1. The van der Waals surface area contributed by atoms with Crippen molar-refractivity contribution in [3.8, 4) is 0 Å². The summed E-state index contributed by atoms with van der Waals surface area (Å²) in [6.07, 6.45) is 5.00. The third-order valence-electron chi connectivity index (χ3n) is 5.06. The van der Waals surface area contributed by atoms with Crippen LogP contribution in [0.3, 0.4) is 0 Å². The molecule has 3 rings (SSSR count). The van der Waals surface area contributed by atoms with Crippen LogP contribution in [0.2, 0.25) is 0 Å². The second-order valence-electron chi connectivity index (χ2n) is 6.27. The highest BCUT2D eigenvalue weighted by Gasteiger charge is 2.61. The highest BCUT2D eigenvalue weighted by Crippen LogP contribution is 2.59. The van der Waals surface area contributed by atoms with E-state index in [9.17, 15) is 9.90 Å². The van der Waals surface area contributed by atoms with E-state index in [1.807, 2.05) is 0 Å². The maximum Gasteiger partial charge on any atom is 0.336 e. The molecule has 3 unspecified atom stereocenters. The number of rotatable bonds is 0. The summed E-state index contributed by atoms with van der Waals surface area (Å²) in [5, 5.41) is 10.9. The zero-order valence-electron chi connectivity index (χ0n) is 11.1. The summed E-state index contributed by atoms with van der Waals surface area (Å²) in [7, 11) is 0. The number of fused-ring (bicyclic) bond motifs is 3. The molecule has 0 bridgehead atoms. The van der Waals surface area contributed by atoms with Crippen LogP contribution < -0.4 is 0 Å². The highest BCUT2D eigenvalue weighted by atomic mass is 16.7. The normalized spacial score (nSPS) is 43.6. The van der Waals surface area contributed by atoms with E-state index in [2.05, 4.69) is 20.4 Å². The van der Waals surface area contributed by atoms with Gasteiger partial charge >= 0.3 is 5.97 Å². The van der Waals surface area contributed by atoms with Crippen molar-refractivity contribution in [2.75, 3.05) is 0 Å². The molecule has 2 fully saturated rings. The number of hydrogen-bond acceptors (Lipinski definition) is 3. The minimum atomic E-state index is -1.41. The van der Waals surface area contributed by atoms with Crippen molar-refractivity contribution in [1.29, 1.82) is 0 Å². The van der Waals surface area contributed by atoms with Crippen LogP contribution in [0.15, 0.2) is 23.3 Å². The van der Waals surface area contributed by atoms with E-state index in [0.717, 1.165) is 37.7 Å². The highest BCUT2D eigenvalue weighted by molar-refractivity contribution is 5.92. The average molecular weight is 248 g/mol. The van der Waals surface area contributed by atoms with Crippen molar-refractivity contribution in [3.05, 3.63) is 23.3 Å². The monoisotopic (exact) mass is 248 g/mol. The van der Waals surface area contributed by atoms with Gasteiger partial charge in [0, 0.05) is 11.1 Å². The van der Waals surface area contributed by atoms with Gasteiger partial charge < -0.3 is 9.84 Å². The van der Waals surface area contributed by atoms with Crippen molar-refractivity contribution in [1.82, 2.24) is 0 Å². The molecule has 0 aromatic rings. The summed E-state index contributed by atoms with van der Waals surface area (Å²) in [4.78, 5) is 11.7. The lowest BCUT2D eigenvalue weighted by Crippen LogP contribution is -2.49. The van der Waals surface area contributed by atoms with E-state index in [1.54, 1.807) is 0 Å². The average Bonchev–Trinajstić information content (AvgIpc) is 2.48. The molecule has 2 aliphatic carbocycles. The predicted molar refractivity (Wildman–Crippen MR) is 67.6 cm³/mol. The minimum Gasteiger partial charge on any atom is -0.425 e. The predicted octanol–water partition coefficient (Wildman–Crippen LogP) is 2.70. The van der Waals surface area contributed by atoms with Gasteiger partial charge in [-0.3, -0.25) is 0 Å². The summed E-state index contributed by atoms with van der Waals surface area (Å²) >= 11 is 0. The van der Waals surface area contributed by atoms with Crippen LogP contribution in [0.1, 0.15) is 46.0 Å². The molecule has 3 nitrogen and oxygen atoms in total. The lowest BCUT2D eigenvalue weighted by molar-refractivity contribution is -0.197. The van der Waals surface area contributed by atoms with E-state index in [1.165, 1.54) is 5.57 Å². The summed E-state index contributed by atoms with van der Waals surface area (Å²) in [5.41, 5.74) is 2.58. The second-order valence-corrected chi connectivity index (χ2v) is 6.27. The molecule has 1 saturated heterocycles. The fraction of sp³-hybridized carbons (Fsp3) is 0.667. The van der Waals surface area contributed by atoms with Crippen molar-refractivity contribution in [3.63, 3.8) is 0 Å². The number of hydrogen-bond donors (Lipinski definition) is 1. The van der Waals surface area contributed by atoms with Crippen molar-refractivity contribution in [2.24, 2.45) is 11.3 Å². The summed E-state index contributed by atoms with van der Waals surface area (Å²) in [6, 6.07) is 0. The molecule has 98 valence electrons. The Morgan fingerprint density at radius 3 is 2.89 bits per heavy atom. The Kier molecular flexibility index (Phi) is 2.31. The summed E-state index contributed by atoms with van der Waals surface area (Å²) < 4.78 is 5.33. The van der Waals surface area contributed by atoms with Crippen molar-refractivity contribution < 1.29 is 14.6 Å². The molecule has 0 spiro atoms. The molecule has 1 saturated carbocycles. The van der Waals surface area contributed by atoms with Gasteiger partial charge in [0.25, 0.3) is 0 Å². The van der Waals surface area contributed by atoms with Crippen molar-refractivity contribution >= 4 is 5.97 Å². The molecular weight excluding hydrogens is 228 g/mol. The Bertz CT molecular complexity index is 476. The minimum absolute atomic E-state index is 0.0154. The summed E-state index contributed by atoms with van der Waals surface area (Å²) in [6.45, 7) is 8.04. The zero-order valence-corrected chi connectivity index (χ0v) is 11.1. The summed E-state index contributed by atoms with van der Waals surface area (Å²) in [5.74, 6) is -2.09. The lowest BCUT2D eigenvalue weighted by Gasteiger charge is -2.49. The van der Waals surface area contributed by atoms with Gasteiger partial charge in [0.2, 0.25) is 5.79 Å². The van der Waals surface area contributed by atoms with Crippen LogP contribution in [0, 0.1) is 11.3 Å². The van der Waals surface area contributed by atoms with E-state index < -0.39 is 11.8 Å². The topological polar surface area (TPSA) is 46.5 Å². The van der Waals surface area contributed by atoms with E-state index in [4.69, 9.17) is 4.74 Å². The molecule has 3 aliphatic rings. The Morgan fingerprint density at radius 1 is 1.44 bits per heavy atom. The SMILES string of the molecule is C=C1C(=O)OC2(O)C3=C(C)CCCC3(C)CCC12.